The van der Waals surface area contributed by atoms with Crippen LogP contribution in [0.25, 0.3) is 0 Å². The Hall–Kier alpha value is -0.194. The first kappa shape index (κ1) is 16.8. The molecule has 5 N–H and O–H groups in total. The van der Waals surface area contributed by atoms with Gasteiger partial charge in [-0.05, 0) is 0 Å². The van der Waals surface area contributed by atoms with Gasteiger partial charge in [0.2, 0.25) is 0 Å². The first-order valence-corrected chi connectivity index (χ1v) is 5.47. The summed E-state index contributed by atoms with van der Waals surface area (Å²) in [7, 11) is -5.02. The molecule has 2 atom stereocenters. The third kappa shape index (κ3) is 4.19. The largest absolute Gasteiger partial charge is 2.00 e. The van der Waals surface area contributed by atoms with E-state index in [0.29, 0.717) is 0 Å². The van der Waals surface area contributed by atoms with Gasteiger partial charge in [0, 0.05) is 0 Å². The van der Waals surface area contributed by atoms with Crippen molar-refractivity contribution in [2.45, 2.75) is 12.2 Å². The van der Waals surface area contributed by atoms with Crippen molar-refractivity contribution in [3.8, 4) is 0 Å². The van der Waals surface area contributed by atoms with Crippen LogP contribution in [0.3, 0.4) is 0 Å². The Kier molecular flexibility index (Phi) is 6.04. The van der Waals surface area contributed by atoms with E-state index in [1.165, 1.54) is 0 Å². The van der Waals surface area contributed by atoms with Gasteiger partial charge in [-0.2, -0.15) is 9.79 Å². The number of cyclic esters (lactones) is 1. The van der Waals surface area contributed by atoms with Gasteiger partial charge in [-0.15, -0.1) is 0 Å². The molecular formula is C6H9MgO9P+2. The van der Waals surface area contributed by atoms with E-state index in [2.05, 4.69) is 9.26 Å². The predicted molar refractivity (Wildman–Crippen MR) is 50.8 cm³/mol. The Morgan fingerprint density at radius 2 is 2.06 bits per heavy atom. The summed E-state index contributed by atoms with van der Waals surface area (Å²) < 4.78 is 8.22. The number of hydrogen-bond acceptors (Lipinski definition) is 9. The number of phosphoric acid groups is 1. The standard InChI is InChI=1S/C6H9O9P.Mg/c7-1-2(8)4-3(9)5(6(10)14-4)15-16(11,12)13;/h2,4,7-9H,1H2,(H2,11,12,13);/q;+2/t2?,4-;/m0./s1. The van der Waals surface area contributed by atoms with Gasteiger partial charge in [0.25, 0.3) is 0 Å². The van der Waals surface area contributed by atoms with Gasteiger partial charge in [0.05, 0.1) is 6.61 Å². The molecule has 1 rings (SSSR count). The van der Waals surface area contributed by atoms with Crippen molar-refractivity contribution in [2.24, 2.45) is 0 Å². The SMILES string of the molecule is O=C1O[C@@H](C(O)CO)C(O)=C1O[P+]([O-])(O)O.[Mg+2]. The number of hydrogen-bond donors (Lipinski definition) is 5. The van der Waals surface area contributed by atoms with Crippen LogP contribution in [-0.4, -0.2) is 72.9 Å². The second-order valence-electron chi connectivity index (χ2n) is 2.87. The average Bonchev–Trinajstić information content (AvgIpc) is 2.42. The molecule has 0 aromatic heterocycles. The van der Waals surface area contributed by atoms with Gasteiger partial charge in [0.15, 0.2) is 11.9 Å². The van der Waals surface area contributed by atoms with Crippen LogP contribution in [0.15, 0.2) is 11.5 Å². The molecule has 0 saturated carbocycles. The predicted octanol–water partition coefficient (Wildman–Crippen LogP) is -3.31. The number of rotatable bonds is 4. The van der Waals surface area contributed by atoms with Gasteiger partial charge in [0.1, 0.15) is 6.10 Å². The van der Waals surface area contributed by atoms with Crippen LogP contribution in [0.4, 0.5) is 0 Å². The van der Waals surface area contributed by atoms with E-state index in [0.717, 1.165) is 0 Å². The zero-order chi connectivity index (χ0) is 12.5. The van der Waals surface area contributed by atoms with Gasteiger partial charge in [-0.3, -0.25) is 4.52 Å². The molecule has 0 fully saturated rings. The summed E-state index contributed by atoms with van der Waals surface area (Å²) >= 11 is 0. The molecule has 1 unspecified atom stereocenters. The molecular weight excluding hydrogens is 271 g/mol. The molecule has 0 bridgehead atoms. The first-order chi connectivity index (χ1) is 7.26. The van der Waals surface area contributed by atoms with Crippen LogP contribution in [-0.2, 0) is 14.1 Å². The van der Waals surface area contributed by atoms with E-state index < -0.39 is 44.5 Å². The summed E-state index contributed by atoms with van der Waals surface area (Å²) in [6.07, 6.45) is -3.21. The smallest absolute Gasteiger partial charge is 0.599 e. The van der Waals surface area contributed by atoms with E-state index in [-0.39, 0.29) is 23.1 Å². The summed E-state index contributed by atoms with van der Waals surface area (Å²) in [6, 6.07) is 0. The number of ether oxygens (including phenoxy) is 1. The van der Waals surface area contributed by atoms with Crippen LogP contribution in [0.5, 0.6) is 0 Å². The minimum Gasteiger partial charge on any atom is -0.599 e. The number of carbonyl (C=O) groups is 1. The molecule has 1 aliphatic heterocycles. The molecule has 11 heteroatoms. The van der Waals surface area contributed by atoms with E-state index in [4.69, 9.17) is 20.0 Å². The van der Waals surface area contributed by atoms with Gasteiger partial charge in [-0.25, -0.2) is 4.79 Å². The molecule has 0 aromatic rings. The zero-order valence-corrected chi connectivity index (χ0v) is 10.7. The Bertz CT molecular complexity index is 324. The maximum Gasteiger partial charge on any atom is 2.00 e. The topological polar surface area (TPSA) is 160 Å². The average molecular weight is 280 g/mol. The Balaban J connectivity index is 0.00000256. The summed E-state index contributed by atoms with van der Waals surface area (Å²) in [5, 5.41) is 26.9. The molecule has 0 amide bonds. The van der Waals surface area contributed by atoms with Gasteiger partial charge in [-0.1, -0.05) is 0 Å². The molecule has 9 nitrogen and oxygen atoms in total. The van der Waals surface area contributed by atoms with Crippen molar-refractivity contribution >= 4 is 37.2 Å². The van der Waals surface area contributed by atoms with Crippen molar-refractivity contribution in [1.29, 1.82) is 0 Å². The number of carbonyl (C=O) groups excluding carboxylic acids is 1. The first-order valence-electron chi connectivity index (χ1n) is 3.94. The number of esters is 1. The van der Waals surface area contributed by atoms with Crippen molar-refractivity contribution in [2.75, 3.05) is 6.61 Å². The van der Waals surface area contributed by atoms with Crippen LogP contribution in [0.2, 0.25) is 0 Å². The number of aliphatic hydroxyl groups is 3. The van der Waals surface area contributed by atoms with E-state index >= 15 is 0 Å². The molecule has 0 aliphatic carbocycles. The number of aliphatic hydroxyl groups excluding tert-OH is 3. The third-order valence-corrected chi connectivity index (χ3v) is 2.09. The molecule has 1 aliphatic rings. The molecule has 0 saturated heterocycles. The maximum absolute atomic E-state index is 11.0. The molecule has 1 heterocycles. The zero-order valence-electron chi connectivity index (χ0n) is 8.39. The summed E-state index contributed by atoms with van der Waals surface area (Å²) in [4.78, 5) is 38.3. The summed E-state index contributed by atoms with van der Waals surface area (Å²) in [5.74, 6) is -3.39. The molecule has 0 aromatic carbocycles. The quantitative estimate of drug-likeness (QED) is 0.202. The van der Waals surface area contributed by atoms with E-state index in [1.54, 1.807) is 0 Å². The van der Waals surface area contributed by atoms with Crippen molar-refractivity contribution in [3.05, 3.63) is 11.5 Å². The van der Waals surface area contributed by atoms with Crippen LogP contribution in [0, 0.1) is 0 Å². The maximum atomic E-state index is 11.0. The fourth-order valence-electron chi connectivity index (χ4n) is 1.02. The van der Waals surface area contributed by atoms with Crippen LogP contribution >= 0.6 is 8.17 Å². The molecule has 0 radical (unpaired) electrons. The Morgan fingerprint density at radius 3 is 2.47 bits per heavy atom. The Morgan fingerprint density at radius 1 is 1.53 bits per heavy atom. The second kappa shape index (κ2) is 6.11. The van der Waals surface area contributed by atoms with Crippen molar-refractivity contribution < 1.29 is 44.1 Å². The van der Waals surface area contributed by atoms with Crippen molar-refractivity contribution in [1.82, 2.24) is 0 Å². The fraction of sp³-hybridized carbons (Fsp3) is 0.500. The van der Waals surface area contributed by atoms with Gasteiger partial charge < -0.3 is 24.9 Å². The minimum absolute atomic E-state index is 0. The molecule has 92 valence electrons. The van der Waals surface area contributed by atoms with Crippen molar-refractivity contribution in [3.63, 3.8) is 0 Å². The second-order valence-corrected chi connectivity index (χ2v) is 4.04. The summed E-state index contributed by atoms with van der Waals surface area (Å²) in [5.41, 5.74) is 0. The van der Waals surface area contributed by atoms with Gasteiger partial charge >= 0.3 is 43.0 Å². The molecule has 0 spiro atoms. The van der Waals surface area contributed by atoms with E-state index in [9.17, 15) is 14.8 Å². The van der Waals surface area contributed by atoms with Crippen LogP contribution < -0.4 is 4.89 Å². The molecule has 17 heavy (non-hydrogen) atoms. The monoisotopic (exact) mass is 280 g/mol. The summed E-state index contributed by atoms with van der Waals surface area (Å²) in [6.45, 7) is -0.814. The minimum atomic E-state index is -5.02. The fourth-order valence-corrected chi connectivity index (χ4v) is 1.42. The third-order valence-electron chi connectivity index (χ3n) is 1.67. The normalized spacial score (nSPS) is 21.9. The Labute approximate surface area is 112 Å². The number of phosphoric ester groups is 1. The van der Waals surface area contributed by atoms with E-state index in [1.807, 2.05) is 0 Å². The van der Waals surface area contributed by atoms with Crippen LogP contribution in [0.1, 0.15) is 0 Å².